The molecule has 0 atom stereocenters. The normalized spacial score (nSPS) is 17.3. The molecule has 180 valence electrons. The fraction of sp³-hybridized carbons (Fsp3) is 0.429. The first-order chi connectivity index (χ1) is 16.5. The highest BCUT2D eigenvalue weighted by atomic mass is 32.2. The minimum Gasteiger partial charge on any atom is -0.370 e. The number of carbonyl (C=O) groups is 1. The van der Waals surface area contributed by atoms with Crippen LogP contribution in [0.5, 0.6) is 0 Å². The number of nitro benzene ring substituents is 1. The number of guanidine groups is 1. The molecule has 1 fully saturated rings. The lowest BCUT2D eigenvalue weighted by Crippen LogP contribution is -2.47. The highest BCUT2D eigenvalue weighted by molar-refractivity contribution is 8.14. The maximum atomic E-state index is 11.8. The second-order valence-corrected chi connectivity index (χ2v) is 9.01. The van der Waals surface area contributed by atoms with Crippen LogP contribution < -0.4 is 21.4 Å². The molecule has 12 nitrogen and oxygen atoms in total. The van der Waals surface area contributed by atoms with Crippen molar-refractivity contribution in [3.8, 4) is 0 Å². The summed E-state index contributed by atoms with van der Waals surface area (Å²) in [5.41, 5.74) is 11.4. The van der Waals surface area contributed by atoms with Gasteiger partial charge in [0.15, 0.2) is 5.96 Å². The van der Waals surface area contributed by atoms with Crippen molar-refractivity contribution in [2.75, 3.05) is 30.3 Å². The SMILES string of the molecule is NC(=NCCCc1cnc[nH]1)NC1CCN(c2ccc(C3=NNC(=O)SC3)cc2[N+](=O)[O-])CC1. The number of nitrogens with one attached hydrogen (secondary N) is 3. The summed E-state index contributed by atoms with van der Waals surface area (Å²) < 4.78 is 0. The van der Waals surface area contributed by atoms with Crippen LogP contribution in [0.1, 0.15) is 30.5 Å². The van der Waals surface area contributed by atoms with Gasteiger partial charge in [-0.05, 0) is 31.7 Å². The van der Waals surface area contributed by atoms with Crippen molar-refractivity contribution in [1.82, 2.24) is 20.7 Å². The van der Waals surface area contributed by atoms with Gasteiger partial charge in [-0.25, -0.2) is 10.4 Å². The maximum absolute atomic E-state index is 11.8. The number of H-pyrrole nitrogens is 1. The van der Waals surface area contributed by atoms with Crippen LogP contribution in [0.4, 0.5) is 16.2 Å². The summed E-state index contributed by atoms with van der Waals surface area (Å²) in [7, 11) is 0. The molecule has 2 aromatic rings. The monoisotopic (exact) mass is 485 g/mol. The zero-order chi connectivity index (χ0) is 23.9. The number of benzene rings is 1. The number of hydrazone groups is 1. The first kappa shape index (κ1) is 23.5. The van der Waals surface area contributed by atoms with E-state index < -0.39 is 0 Å². The third-order valence-corrected chi connectivity index (χ3v) is 6.53. The number of hydrogen-bond donors (Lipinski definition) is 4. The molecule has 0 bridgehead atoms. The third kappa shape index (κ3) is 6.04. The summed E-state index contributed by atoms with van der Waals surface area (Å²) in [6.07, 6.45) is 6.79. The van der Waals surface area contributed by atoms with Gasteiger partial charge < -0.3 is 20.9 Å². The molecule has 1 aromatic carbocycles. The molecule has 13 heteroatoms. The van der Waals surface area contributed by atoms with Crippen LogP contribution in [-0.4, -0.2) is 63.2 Å². The van der Waals surface area contributed by atoms with Crippen molar-refractivity contribution in [2.45, 2.75) is 31.7 Å². The molecule has 0 unspecified atom stereocenters. The quantitative estimate of drug-likeness (QED) is 0.145. The van der Waals surface area contributed by atoms with Gasteiger partial charge in [-0.3, -0.25) is 19.9 Å². The minimum absolute atomic E-state index is 0.0341. The Morgan fingerprint density at radius 3 is 2.88 bits per heavy atom. The molecule has 5 N–H and O–H groups in total. The van der Waals surface area contributed by atoms with Gasteiger partial charge in [-0.1, -0.05) is 17.8 Å². The van der Waals surface area contributed by atoms with Crippen molar-refractivity contribution in [2.24, 2.45) is 15.8 Å². The number of anilines is 1. The number of aromatic amines is 1. The Labute approximate surface area is 200 Å². The number of aromatic nitrogens is 2. The van der Waals surface area contributed by atoms with Crippen molar-refractivity contribution in [3.05, 3.63) is 52.1 Å². The predicted molar refractivity (Wildman–Crippen MR) is 132 cm³/mol. The summed E-state index contributed by atoms with van der Waals surface area (Å²) in [4.78, 5) is 36.2. The van der Waals surface area contributed by atoms with E-state index in [-0.39, 0.29) is 21.9 Å². The zero-order valence-corrected chi connectivity index (χ0v) is 19.4. The average Bonchev–Trinajstić information content (AvgIpc) is 3.36. The van der Waals surface area contributed by atoms with Gasteiger partial charge in [0, 0.05) is 54.9 Å². The fourth-order valence-corrected chi connectivity index (χ4v) is 4.60. The number of nitrogens with zero attached hydrogens (tertiary/aromatic N) is 5. The number of piperidine rings is 1. The molecule has 0 radical (unpaired) electrons. The van der Waals surface area contributed by atoms with E-state index in [1.807, 2.05) is 11.0 Å². The number of rotatable bonds is 8. The summed E-state index contributed by atoms with van der Waals surface area (Å²) in [5, 5.41) is 18.8. The lowest BCUT2D eigenvalue weighted by Gasteiger charge is -2.34. The Bertz CT molecular complexity index is 1080. The average molecular weight is 486 g/mol. The molecule has 1 aromatic heterocycles. The number of thioether (sulfide) groups is 1. The topological polar surface area (TPSA) is 167 Å². The Morgan fingerprint density at radius 1 is 1.38 bits per heavy atom. The molecule has 3 heterocycles. The number of nitro groups is 1. The van der Waals surface area contributed by atoms with Gasteiger partial charge >= 0.3 is 0 Å². The maximum Gasteiger partial charge on any atom is 0.299 e. The molecule has 2 aliphatic rings. The molecular formula is C21H27N9O3S. The largest absolute Gasteiger partial charge is 0.370 e. The highest BCUT2D eigenvalue weighted by Crippen LogP contribution is 2.32. The highest BCUT2D eigenvalue weighted by Gasteiger charge is 2.26. The van der Waals surface area contributed by atoms with Gasteiger partial charge in [-0.15, -0.1) is 0 Å². The number of imidazole rings is 1. The number of nitrogens with two attached hydrogens (primary N) is 1. The summed E-state index contributed by atoms with van der Waals surface area (Å²) in [6.45, 7) is 1.96. The van der Waals surface area contributed by atoms with Crippen molar-refractivity contribution in [3.63, 3.8) is 0 Å². The number of amides is 1. The standard InChI is InChI=1S/C21H27N9O3S/c22-20(24-7-1-2-16-11-23-13-25-16)26-15-5-8-29(9-6-15)18-4-3-14(10-19(18)30(32)33)17-12-34-21(31)28-27-17/h3-4,10-11,13,15H,1-2,5-9,12H2,(H,23,25)(H,28,31)(H3,22,24,26). The van der Waals surface area contributed by atoms with Crippen molar-refractivity contribution in [1.29, 1.82) is 0 Å². The van der Waals surface area contributed by atoms with Gasteiger partial charge in [0.2, 0.25) is 0 Å². The van der Waals surface area contributed by atoms with Crippen LogP contribution in [0.2, 0.25) is 0 Å². The molecule has 0 aliphatic carbocycles. The van der Waals surface area contributed by atoms with Crippen LogP contribution in [0.15, 0.2) is 40.8 Å². The second-order valence-electron chi connectivity index (χ2n) is 8.06. The first-order valence-electron chi connectivity index (χ1n) is 11.1. The van der Waals surface area contributed by atoms with E-state index in [0.29, 0.717) is 48.3 Å². The summed E-state index contributed by atoms with van der Waals surface area (Å²) in [6, 6.07) is 5.28. The Balaban J connectivity index is 1.31. The Hall–Kier alpha value is -3.61. The summed E-state index contributed by atoms with van der Waals surface area (Å²) >= 11 is 1.09. The molecule has 34 heavy (non-hydrogen) atoms. The number of aryl methyl sites for hydroxylation is 1. The molecule has 1 amide bonds. The van der Waals surface area contributed by atoms with Gasteiger partial charge in [-0.2, -0.15) is 5.10 Å². The van der Waals surface area contributed by atoms with Crippen LogP contribution in [0.3, 0.4) is 0 Å². The molecule has 4 rings (SSSR count). The van der Waals surface area contributed by atoms with Crippen molar-refractivity contribution < 1.29 is 9.72 Å². The minimum atomic E-state index is -0.369. The van der Waals surface area contributed by atoms with Crippen LogP contribution in [0.25, 0.3) is 0 Å². The molecule has 2 aliphatic heterocycles. The van der Waals surface area contributed by atoms with Crippen LogP contribution in [-0.2, 0) is 6.42 Å². The van der Waals surface area contributed by atoms with E-state index in [4.69, 9.17) is 5.73 Å². The number of aliphatic imine (C=N–C) groups is 1. The smallest absolute Gasteiger partial charge is 0.299 e. The Morgan fingerprint density at radius 2 is 2.21 bits per heavy atom. The van der Waals surface area contributed by atoms with E-state index in [9.17, 15) is 14.9 Å². The van der Waals surface area contributed by atoms with Crippen LogP contribution in [0, 0.1) is 10.1 Å². The number of hydrogen-bond acceptors (Lipinski definition) is 8. The first-order valence-corrected chi connectivity index (χ1v) is 12.0. The van der Waals surface area contributed by atoms with E-state index in [1.54, 1.807) is 18.6 Å². The predicted octanol–water partition coefficient (Wildman–Crippen LogP) is 1.98. The Kier molecular flexibility index (Phi) is 7.62. The lowest BCUT2D eigenvalue weighted by atomic mass is 10.0. The molecule has 0 saturated carbocycles. The van der Waals surface area contributed by atoms with E-state index in [2.05, 4.69) is 30.8 Å². The fourth-order valence-electron chi connectivity index (χ4n) is 3.99. The third-order valence-electron chi connectivity index (χ3n) is 5.76. The van der Waals surface area contributed by atoms with E-state index in [0.717, 1.165) is 43.1 Å². The van der Waals surface area contributed by atoms with Crippen molar-refractivity contribution >= 4 is 40.0 Å². The number of carbonyl (C=O) groups excluding carboxylic acids is 1. The molecular weight excluding hydrogens is 458 g/mol. The molecule has 0 spiro atoms. The second kappa shape index (κ2) is 11.0. The molecule has 1 saturated heterocycles. The van der Waals surface area contributed by atoms with Gasteiger partial charge in [0.1, 0.15) is 5.69 Å². The zero-order valence-electron chi connectivity index (χ0n) is 18.6. The van der Waals surface area contributed by atoms with Gasteiger partial charge in [0.25, 0.3) is 10.9 Å². The summed E-state index contributed by atoms with van der Waals surface area (Å²) in [5.74, 6) is 0.808. The van der Waals surface area contributed by atoms with E-state index >= 15 is 0 Å². The van der Waals surface area contributed by atoms with E-state index in [1.165, 1.54) is 6.07 Å². The van der Waals surface area contributed by atoms with Gasteiger partial charge in [0.05, 0.1) is 17.0 Å². The lowest BCUT2D eigenvalue weighted by molar-refractivity contribution is -0.384. The van der Waals surface area contributed by atoms with Crippen LogP contribution >= 0.6 is 11.8 Å².